The minimum Gasteiger partial charge on any atom is -0.508 e. The molecule has 13 nitrogen and oxygen atoms in total. The fourth-order valence-corrected chi connectivity index (χ4v) is 8.21. The summed E-state index contributed by atoms with van der Waals surface area (Å²) in [4.78, 5) is 56.6. The Labute approximate surface area is 320 Å². The number of piperidine rings is 1. The molecule has 2 atom stereocenters. The Morgan fingerprint density at radius 2 is 1.76 bits per heavy atom. The van der Waals surface area contributed by atoms with Crippen molar-refractivity contribution in [1.82, 2.24) is 39.9 Å². The van der Waals surface area contributed by atoms with Crippen LogP contribution in [0.1, 0.15) is 29.7 Å². The van der Waals surface area contributed by atoms with Gasteiger partial charge in [-0.15, -0.1) is 6.58 Å². The summed E-state index contributed by atoms with van der Waals surface area (Å²) in [7, 11) is 4.23. The first kappa shape index (κ1) is 38.2. The molecule has 0 radical (unpaired) electrons. The van der Waals surface area contributed by atoms with Crippen LogP contribution in [0.3, 0.4) is 0 Å². The Balaban J connectivity index is 1.14. The van der Waals surface area contributed by atoms with E-state index in [1.54, 1.807) is 11.1 Å². The zero-order valence-electron chi connectivity index (χ0n) is 31.4. The molecule has 0 aliphatic carbocycles. The lowest BCUT2D eigenvalue weighted by Gasteiger charge is -2.55. The number of phenolic OH excluding ortho intramolecular Hbond substituents is 1. The van der Waals surface area contributed by atoms with Gasteiger partial charge >= 0.3 is 6.03 Å². The normalized spacial score (nSPS) is 21.5. The number of pyridine rings is 1. The highest BCUT2D eigenvalue weighted by atomic mass is 19.1. The Bertz CT molecular complexity index is 1890. The molecular formula is C40H49F2N9O4. The van der Waals surface area contributed by atoms with E-state index in [4.69, 9.17) is 4.98 Å². The Hall–Kier alpha value is -5.12. The van der Waals surface area contributed by atoms with Gasteiger partial charge in [0, 0.05) is 63.8 Å². The van der Waals surface area contributed by atoms with Crippen molar-refractivity contribution in [3.63, 3.8) is 0 Å². The molecule has 0 bridgehead atoms. The summed E-state index contributed by atoms with van der Waals surface area (Å²) in [6.07, 6.45) is 2.61. The molecular weight excluding hydrogens is 708 g/mol. The summed E-state index contributed by atoms with van der Waals surface area (Å²) in [6.45, 7) is 7.19. The molecule has 2 aromatic carbocycles. The van der Waals surface area contributed by atoms with Gasteiger partial charge in [0.05, 0.1) is 25.3 Å². The maximum atomic E-state index is 15.3. The van der Waals surface area contributed by atoms with Crippen LogP contribution in [0.25, 0.3) is 0 Å². The maximum absolute atomic E-state index is 15.3. The van der Waals surface area contributed by atoms with Crippen LogP contribution in [0.15, 0.2) is 73.3 Å². The number of aromatic hydroxyl groups is 1. The highest BCUT2D eigenvalue weighted by molar-refractivity contribution is 5.91. The minimum absolute atomic E-state index is 0.0323. The van der Waals surface area contributed by atoms with Crippen molar-refractivity contribution in [2.45, 2.75) is 56.6 Å². The van der Waals surface area contributed by atoms with Gasteiger partial charge in [0.1, 0.15) is 23.8 Å². The molecule has 55 heavy (non-hydrogen) atoms. The predicted molar refractivity (Wildman–Crippen MR) is 202 cm³/mol. The molecule has 0 spiro atoms. The number of halogens is 2. The van der Waals surface area contributed by atoms with Crippen LogP contribution < -0.4 is 10.2 Å². The molecule has 4 aliphatic rings. The second-order valence-electron chi connectivity index (χ2n) is 15.0. The number of aromatic nitrogens is 1. The second kappa shape index (κ2) is 16.3. The molecule has 4 fully saturated rings. The third-order valence-electron chi connectivity index (χ3n) is 11.3. The number of phenols is 1. The first-order valence-corrected chi connectivity index (χ1v) is 18.9. The number of benzene rings is 2. The van der Waals surface area contributed by atoms with Gasteiger partial charge in [0.2, 0.25) is 11.8 Å². The third-order valence-corrected chi connectivity index (χ3v) is 11.3. The molecule has 3 aromatic rings. The quantitative estimate of drug-likeness (QED) is 0.285. The third kappa shape index (κ3) is 8.14. The fourth-order valence-electron chi connectivity index (χ4n) is 8.21. The van der Waals surface area contributed by atoms with Crippen molar-refractivity contribution < 1.29 is 28.3 Å². The molecule has 7 rings (SSSR count). The topological polar surface area (TPSA) is 119 Å². The highest BCUT2D eigenvalue weighted by Gasteiger charge is 2.51. The van der Waals surface area contributed by atoms with E-state index in [0.717, 1.165) is 37.6 Å². The molecule has 0 saturated carbocycles. The lowest BCUT2D eigenvalue weighted by Crippen LogP contribution is -2.76. The van der Waals surface area contributed by atoms with Crippen LogP contribution in [-0.4, -0.2) is 142 Å². The van der Waals surface area contributed by atoms with Gasteiger partial charge in [-0.2, -0.15) is 0 Å². The number of carbonyl (C=O) groups excluding carboxylic acids is 3. The molecule has 292 valence electrons. The number of anilines is 1. The number of nitrogens with one attached hydrogen (secondary N) is 1. The molecule has 0 unspecified atom stereocenters. The lowest BCUT2D eigenvalue weighted by atomic mass is 9.98. The minimum atomic E-state index is -1.19. The number of fused-ring (bicyclic) bond motifs is 1. The average Bonchev–Trinajstić information content (AvgIpc) is 3.14. The van der Waals surface area contributed by atoms with Crippen molar-refractivity contribution >= 4 is 23.7 Å². The zero-order chi connectivity index (χ0) is 38.8. The number of hydrogen-bond acceptors (Lipinski definition) is 9. The van der Waals surface area contributed by atoms with Crippen LogP contribution in [-0.2, 0) is 29.1 Å². The number of likely N-dealkylation sites (tertiary alicyclic amines) is 1. The van der Waals surface area contributed by atoms with Gasteiger partial charge in [-0.05, 0) is 56.3 Å². The zero-order valence-corrected chi connectivity index (χ0v) is 31.4. The van der Waals surface area contributed by atoms with Gasteiger partial charge in [-0.25, -0.2) is 28.6 Å². The van der Waals surface area contributed by atoms with Gasteiger partial charge < -0.3 is 30.0 Å². The van der Waals surface area contributed by atoms with E-state index < -0.39 is 41.7 Å². The van der Waals surface area contributed by atoms with E-state index in [-0.39, 0.29) is 56.3 Å². The van der Waals surface area contributed by atoms with Crippen molar-refractivity contribution in [3.8, 4) is 5.75 Å². The SMILES string of the molecule is C=CCN1CC(=O)N2[C@@H](Cc3ccc(O)cc3F)C(=O)N(Cc3ccc(F)c(N4CC(N5CCC(N(C)C)CC5)C4)n3)C[C@@H]2N1C(=O)NCc1ccccc1. The van der Waals surface area contributed by atoms with E-state index in [0.29, 0.717) is 30.9 Å². The second-order valence-corrected chi connectivity index (χ2v) is 15.0. The van der Waals surface area contributed by atoms with Crippen LogP contribution in [0.2, 0.25) is 0 Å². The standard InChI is InChI=1S/C40H49F2N9O4/c1-4-16-49-26-37(53)50-35(19-28-10-12-32(52)20-34(28)42)39(54)48(25-36(50)51(49)40(55)43-21-27-8-6-5-7-9-27)22-29-11-13-33(41)38(44-29)47-23-31(24-47)46-17-14-30(15-18-46)45(2)3/h4-13,20,30-31,35-36,52H,1,14-19,21-26H2,2-3H3,(H,43,55)/t35-,36-/m0/s1. The number of hydrazine groups is 1. The molecule has 5 heterocycles. The first-order chi connectivity index (χ1) is 26.5. The predicted octanol–water partition coefficient (Wildman–Crippen LogP) is 3.02. The largest absolute Gasteiger partial charge is 0.508 e. The summed E-state index contributed by atoms with van der Waals surface area (Å²) in [5, 5.41) is 15.8. The van der Waals surface area contributed by atoms with Gasteiger partial charge in [0.15, 0.2) is 11.6 Å². The Morgan fingerprint density at radius 3 is 2.45 bits per heavy atom. The van der Waals surface area contributed by atoms with Crippen molar-refractivity contribution in [3.05, 3.63) is 102 Å². The molecule has 4 aliphatic heterocycles. The number of urea groups is 1. The summed E-state index contributed by atoms with van der Waals surface area (Å²) in [5.74, 6) is -2.10. The van der Waals surface area contributed by atoms with E-state index in [1.165, 1.54) is 39.1 Å². The van der Waals surface area contributed by atoms with Crippen molar-refractivity contribution in [2.75, 3.05) is 64.8 Å². The lowest BCUT2D eigenvalue weighted by molar-refractivity contribution is -0.189. The Morgan fingerprint density at radius 1 is 1.02 bits per heavy atom. The monoisotopic (exact) mass is 757 g/mol. The van der Waals surface area contributed by atoms with Gasteiger partial charge in [0.25, 0.3) is 0 Å². The maximum Gasteiger partial charge on any atom is 0.334 e. The fraction of sp³-hybridized carbons (Fsp3) is 0.450. The molecule has 15 heteroatoms. The summed E-state index contributed by atoms with van der Waals surface area (Å²) >= 11 is 0. The average molecular weight is 758 g/mol. The van der Waals surface area contributed by atoms with E-state index in [2.05, 4.69) is 35.8 Å². The van der Waals surface area contributed by atoms with E-state index in [1.807, 2.05) is 35.2 Å². The smallest absolute Gasteiger partial charge is 0.334 e. The number of nitrogens with zero attached hydrogens (tertiary/aromatic N) is 8. The van der Waals surface area contributed by atoms with Crippen molar-refractivity contribution in [2.24, 2.45) is 0 Å². The van der Waals surface area contributed by atoms with E-state index in [9.17, 15) is 19.5 Å². The van der Waals surface area contributed by atoms with E-state index >= 15 is 8.78 Å². The highest BCUT2D eigenvalue weighted by Crippen LogP contribution is 2.32. The van der Waals surface area contributed by atoms with Gasteiger partial charge in [-0.1, -0.05) is 42.5 Å². The summed E-state index contributed by atoms with van der Waals surface area (Å²) in [6, 6.07) is 15.2. The molecule has 1 aromatic heterocycles. The summed E-state index contributed by atoms with van der Waals surface area (Å²) < 4.78 is 30.5. The molecule has 2 N–H and O–H groups in total. The van der Waals surface area contributed by atoms with Crippen LogP contribution in [0.4, 0.5) is 19.4 Å². The number of rotatable bonds is 11. The van der Waals surface area contributed by atoms with Gasteiger partial charge in [-0.3, -0.25) is 14.5 Å². The molecule has 4 saturated heterocycles. The molecule has 4 amide bonds. The number of piperazine rings is 1. The van der Waals surface area contributed by atoms with Crippen molar-refractivity contribution in [1.29, 1.82) is 0 Å². The number of amides is 4. The Kier molecular flexibility index (Phi) is 11.3. The van der Waals surface area contributed by atoms with Crippen LogP contribution >= 0.6 is 0 Å². The van der Waals surface area contributed by atoms with Crippen LogP contribution in [0, 0.1) is 11.6 Å². The summed E-state index contributed by atoms with van der Waals surface area (Å²) in [5.41, 5.74) is 1.43. The first-order valence-electron chi connectivity index (χ1n) is 18.9. The number of hydrogen-bond donors (Lipinski definition) is 2. The number of carbonyl (C=O) groups is 3. The van der Waals surface area contributed by atoms with Crippen LogP contribution in [0.5, 0.6) is 5.75 Å².